The van der Waals surface area contributed by atoms with Crippen LogP contribution in [0.3, 0.4) is 0 Å². The minimum absolute atomic E-state index is 0.0485. The quantitative estimate of drug-likeness (QED) is 0.356. The molecule has 0 bridgehead atoms. The van der Waals surface area contributed by atoms with Crippen LogP contribution in [-0.4, -0.2) is 33.5 Å². The number of nitrogens with zero attached hydrogens (tertiary/aromatic N) is 4. The van der Waals surface area contributed by atoms with Crippen LogP contribution in [0.5, 0.6) is 5.75 Å². The van der Waals surface area contributed by atoms with Gasteiger partial charge < -0.3 is 25.7 Å². The van der Waals surface area contributed by atoms with Crippen molar-refractivity contribution in [2.75, 3.05) is 23.5 Å². The van der Waals surface area contributed by atoms with Crippen molar-refractivity contribution in [1.29, 1.82) is 5.26 Å². The molecule has 0 fully saturated rings. The molecule has 35 heavy (non-hydrogen) atoms. The maximum absolute atomic E-state index is 13.5. The first-order valence-corrected chi connectivity index (χ1v) is 10.7. The van der Waals surface area contributed by atoms with Crippen LogP contribution in [0.2, 0.25) is 0 Å². The summed E-state index contributed by atoms with van der Waals surface area (Å²) in [6, 6.07) is 12.7. The Bertz CT molecular complexity index is 1470. The molecule has 4 N–H and O–H groups in total. The van der Waals surface area contributed by atoms with E-state index in [1.165, 1.54) is 19.5 Å². The van der Waals surface area contributed by atoms with E-state index < -0.39 is 6.03 Å². The van der Waals surface area contributed by atoms with Crippen LogP contribution in [0.25, 0.3) is 11.0 Å². The largest absolute Gasteiger partial charge is 0.495 e. The number of carbonyl (C=O) groups excluding carboxylic acids is 2. The van der Waals surface area contributed by atoms with Crippen LogP contribution in [0, 0.1) is 11.3 Å². The SMILES string of the molecule is COc1ccc(C(=O)c2cn(C(C)C)c3ncnc(N)c23)cc1NC(=O)Nc1ccc(C#N)cc1. The fraction of sp³-hybridized carbons (Fsp3) is 0.160. The number of rotatable bonds is 6. The number of nitrogens with two attached hydrogens (primary N) is 1. The van der Waals surface area contributed by atoms with Crippen LogP contribution >= 0.6 is 0 Å². The van der Waals surface area contributed by atoms with Gasteiger partial charge in [0.05, 0.1) is 35.4 Å². The van der Waals surface area contributed by atoms with Gasteiger partial charge in [0.2, 0.25) is 0 Å². The number of methoxy groups -OCH3 is 1. The highest BCUT2D eigenvalue weighted by Crippen LogP contribution is 2.31. The molecular formula is C25H23N7O3. The lowest BCUT2D eigenvalue weighted by Crippen LogP contribution is -2.20. The zero-order valence-electron chi connectivity index (χ0n) is 19.4. The number of carbonyl (C=O) groups is 2. The summed E-state index contributed by atoms with van der Waals surface area (Å²) in [5.74, 6) is 0.296. The maximum atomic E-state index is 13.5. The van der Waals surface area contributed by atoms with Gasteiger partial charge in [-0.3, -0.25) is 4.79 Å². The molecule has 0 saturated carbocycles. The fourth-order valence-corrected chi connectivity index (χ4v) is 3.69. The van der Waals surface area contributed by atoms with Gasteiger partial charge >= 0.3 is 6.03 Å². The molecule has 2 aromatic carbocycles. The number of nitriles is 1. The molecule has 10 nitrogen and oxygen atoms in total. The van der Waals surface area contributed by atoms with Gasteiger partial charge in [0.25, 0.3) is 0 Å². The van der Waals surface area contributed by atoms with Crippen molar-refractivity contribution in [3.63, 3.8) is 0 Å². The monoisotopic (exact) mass is 469 g/mol. The average molecular weight is 470 g/mol. The summed E-state index contributed by atoms with van der Waals surface area (Å²) in [5, 5.41) is 14.8. The highest BCUT2D eigenvalue weighted by Gasteiger charge is 2.22. The lowest BCUT2D eigenvalue weighted by Gasteiger charge is -2.13. The third-order valence-electron chi connectivity index (χ3n) is 5.42. The third-order valence-corrected chi connectivity index (χ3v) is 5.42. The lowest BCUT2D eigenvalue weighted by molar-refractivity contribution is 0.104. The second-order valence-corrected chi connectivity index (χ2v) is 8.01. The Morgan fingerprint density at radius 3 is 2.51 bits per heavy atom. The second-order valence-electron chi connectivity index (χ2n) is 8.01. The molecule has 0 spiro atoms. The Kier molecular flexibility index (Phi) is 6.33. The standard InChI is InChI=1S/C25H23N7O3/c1-14(2)32-12-18(21-23(27)28-13-29-24(21)32)22(33)16-6-9-20(35-3)19(10-16)31-25(34)30-17-7-4-15(11-26)5-8-17/h4-10,12-14H,1-3H3,(H2,27,28,29)(H2,30,31,34). The molecule has 0 aliphatic heterocycles. The number of ether oxygens (including phenoxy) is 1. The zero-order valence-corrected chi connectivity index (χ0v) is 19.4. The fourth-order valence-electron chi connectivity index (χ4n) is 3.69. The van der Waals surface area contributed by atoms with Crippen LogP contribution in [0.1, 0.15) is 41.4 Å². The molecule has 0 aliphatic rings. The third kappa shape index (κ3) is 4.60. The first-order valence-electron chi connectivity index (χ1n) is 10.7. The number of nitrogen functional groups attached to an aromatic ring is 1. The Balaban J connectivity index is 1.65. The molecule has 2 amide bonds. The topological polar surface area (TPSA) is 148 Å². The molecule has 176 valence electrons. The Morgan fingerprint density at radius 2 is 1.86 bits per heavy atom. The second kappa shape index (κ2) is 9.52. The van der Waals surface area contributed by atoms with E-state index in [-0.39, 0.29) is 17.6 Å². The van der Waals surface area contributed by atoms with Crippen molar-refractivity contribution < 1.29 is 14.3 Å². The van der Waals surface area contributed by atoms with E-state index in [0.29, 0.717) is 44.8 Å². The Labute approximate surface area is 201 Å². The summed E-state index contributed by atoms with van der Waals surface area (Å²) >= 11 is 0. The number of ketones is 1. The number of benzene rings is 2. The van der Waals surface area contributed by atoms with Crippen molar-refractivity contribution in [3.05, 3.63) is 71.7 Å². The van der Waals surface area contributed by atoms with Gasteiger partial charge in [-0.15, -0.1) is 0 Å². The van der Waals surface area contributed by atoms with Gasteiger partial charge in [-0.05, 0) is 56.3 Å². The number of nitrogens with one attached hydrogen (secondary N) is 2. The van der Waals surface area contributed by atoms with Gasteiger partial charge in [0.15, 0.2) is 5.78 Å². The number of hydrogen-bond acceptors (Lipinski definition) is 7. The van der Waals surface area contributed by atoms with E-state index in [9.17, 15) is 9.59 Å². The Hall–Kier alpha value is -4.91. The first-order chi connectivity index (χ1) is 16.8. The first kappa shape index (κ1) is 23.3. The van der Waals surface area contributed by atoms with E-state index in [4.69, 9.17) is 15.7 Å². The van der Waals surface area contributed by atoms with E-state index in [0.717, 1.165) is 0 Å². The summed E-state index contributed by atoms with van der Waals surface area (Å²) in [5.41, 5.74) is 8.65. The van der Waals surface area contributed by atoms with E-state index in [1.54, 1.807) is 42.6 Å². The molecule has 10 heteroatoms. The number of aromatic nitrogens is 3. The number of amides is 2. The molecular weight excluding hydrogens is 446 g/mol. The molecule has 2 heterocycles. The van der Waals surface area contributed by atoms with Gasteiger partial charge in [0.1, 0.15) is 23.5 Å². The van der Waals surface area contributed by atoms with Gasteiger partial charge in [-0.25, -0.2) is 14.8 Å². The van der Waals surface area contributed by atoms with E-state index in [1.807, 2.05) is 24.5 Å². The molecule has 0 unspecified atom stereocenters. The lowest BCUT2D eigenvalue weighted by atomic mass is 10.0. The van der Waals surface area contributed by atoms with Gasteiger partial charge in [0, 0.05) is 23.5 Å². The van der Waals surface area contributed by atoms with Crippen LogP contribution in [0.15, 0.2) is 55.0 Å². The minimum Gasteiger partial charge on any atom is -0.495 e. The van der Waals surface area contributed by atoms with E-state index in [2.05, 4.69) is 20.6 Å². The van der Waals surface area contributed by atoms with Crippen LogP contribution in [-0.2, 0) is 0 Å². The van der Waals surface area contributed by atoms with Crippen molar-refractivity contribution in [2.24, 2.45) is 0 Å². The summed E-state index contributed by atoms with van der Waals surface area (Å²) in [4.78, 5) is 34.5. The zero-order chi connectivity index (χ0) is 25.1. The van der Waals surface area contributed by atoms with Crippen molar-refractivity contribution >= 4 is 40.0 Å². The average Bonchev–Trinajstić information content (AvgIpc) is 3.25. The normalized spacial score (nSPS) is 10.7. The van der Waals surface area contributed by atoms with Crippen LogP contribution in [0.4, 0.5) is 22.0 Å². The van der Waals surface area contributed by atoms with Crippen LogP contribution < -0.4 is 21.1 Å². The smallest absolute Gasteiger partial charge is 0.323 e. The summed E-state index contributed by atoms with van der Waals surface area (Å²) in [7, 11) is 1.47. The predicted octanol–water partition coefficient (Wildman–Crippen LogP) is 4.35. The highest BCUT2D eigenvalue weighted by molar-refractivity contribution is 6.18. The maximum Gasteiger partial charge on any atom is 0.323 e. The van der Waals surface area contributed by atoms with Crippen molar-refractivity contribution in [1.82, 2.24) is 14.5 Å². The molecule has 0 radical (unpaired) electrons. The molecule has 0 aliphatic carbocycles. The predicted molar refractivity (Wildman–Crippen MR) is 133 cm³/mol. The highest BCUT2D eigenvalue weighted by atomic mass is 16.5. The number of hydrogen-bond donors (Lipinski definition) is 3. The summed E-state index contributed by atoms with van der Waals surface area (Å²) in [6.07, 6.45) is 3.09. The molecule has 0 saturated heterocycles. The molecule has 0 atom stereocenters. The van der Waals surface area contributed by atoms with Crippen molar-refractivity contribution in [2.45, 2.75) is 19.9 Å². The summed E-state index contributed by atoms with van der Waals surface area (Å²) in [6.45, 7) is 3.96. The number of fused-ring (bicyclic) bond motifs is 1. The Morgan fingerprint density at radius 1 is 1.11 bits per heavy atom. The molecule has 4 aromatic rings. The molecule has 4 rings (SSSR count). The molecule has 2 aromatic heterocycles. The van der Waals surface area contributed by atoms with Gasteiger partial charge in [-0.1, -0.05) is 0 Å². The van der Waals surface area contributed by atoms with E-state index >= 15 is 0 Å². The minimum atomic E-state index is -0.535. The number of urea groups is 1. The van der Waals surface area contributed by atoms with Crippen molar-refractivity contribution in [3.8, 4) is 11.8 Å². The summed E-state index contributed by atoms with van der Waals surface area (Å²) < 4.78 is 7.23. The number of anilines is 3. The van der Waals surface area contributed by atoms with Gasteiger partial charge in [-0.2, -0.15) is 5.26 Å².